The van der Waals surface area contributed by atoms with Crippen LogP contribution in [0, 0.1) is 5.41 Å². The summed E-state index contributed by atoms with van der Waals surface area (Å²) >= 11 is 1.39. The Labute approximate surface area is 101 Å². The molecule has 88 valence electrons. The van der Waals surface area contributed by atoms with Crippen LogP contribution < -0.4 is 5.73 Å². The second-order valence-electron chi connectivity index (χ2n) is 4.44. The van der Waals surface area contributed by atoms with Gasteiger partial charge in [-0.3, -0.25) is 4.90 Å². The summed E-state index contributed by atoms with van der Waals surface area (Å²) < 4.78 is 3.83. The molecule has 15 heavy (non-hydrogen) atoms. The van der Waals surface area contributed by atoms with Gasteiger partial charge in [0.05, 0.1) is 5.69 Å². The van der Waals surface area contributed by atoms with Gasteiger partial charge in [0, 0.05) is 18.5 Å². The van der Waals surface area contributed by atoms with Gasteiger partial charge in [-0.2, -0.15) is 0 Å². The van der Waals surface area contributed by atoms with Crippen molar-refractivity contribution in [3.8, 4) is 0 Å². The number of hydrogen-bond donors (Lipinski definition) is 1. The van der Waals surface area contributed by atoms with Crippen LogP contribution in [0.15, 0.2) is 5.38 Å². The van der Waals surface area contributed by atoms with Gasteiger partial charge < -0.3 is 5.73 Å². The highest BCUT2D eigenvalue weighted by atomic mass is 35.5. The first-order chi connectivity index (χ1) is 6.53. The van der Waals surface area contributed by atoms with E-state index >= 15 is 0 Å². The van der Waals surface area contributed by atoms with E-state index in [0.717, 1.165) is 18.8 Å². The molecule has 0 bridgehead atoms. The highest BCUT2D eigenvalue weighted by Crippen LogP contribution is 2.15. The monoisotopic (exact) mass is 250 g/mol. The van der Waals surface area contributed by atoms with E-state index in [-0.39, 0.29) is 17.8 Å². The molecule has 6 heteroatoms. The first kappa shape index (κ1) is 14.8. The molecular formula is C9H19ClN4S. The van der Waals surface area contributed by atoms with Crippen LogP contribution in [0.4, 0.5) is 0 Å². The minimum Gasteiger partial charge on any atom is -0.330 e. The highest BCUT2D eigenvalue weighted by molar-refractivity contribution is 7.03. The van der Waals surface area contributed by atoms with Gasteiger partial charge in [-0.15, -0.1) is 17.5 Å². The Balaban J connectivity index is 0.00000196. The van der Waals surface area contributed by atoms with Gasteiger partial charge >= 0.3 is 0 Å². The number of halogens is 1. The summed E-state index contributed by atoms with van der Waals surface area (Å²) in [6.45, 7) is 6.86. The van der Waals surface area contributed by atoms with E-state index in [9.17, 15) is 0 Å². The average Bonchev–Trinajstić information content (AvgIpc) is 2.55. The predicted octanol–water partition coefficient (Wildman–Crippen LogP) is 1.38. The molecule has 4 nitrogen and oxygen atoms in total. The van der Waals surface area contributed by atoms with Crippen LogP contribution in [-0.4, -0.2) is 34.6 Å². The lowest BCUT2D eigenvalue weighted by atomic mass is 9.93. The minimum absolute atomic E-state index is 0. The number of hydrogen-bond acceptors (Lipinski definition) is 5. The Morgan fingerprint density at radius 3 is 2.67 bits per heavy atom. The van der Waals surface area contributed by atoms with E-state index in [0.29, 0.717) is 6.54 Å². The van der Waals surface area contributed by atoms with Crippen molar-refractivity contribution in [3.63, 3.8) is 0 Å². The molecule has 0 amide bonds. The molecule has 0 saturated carbocycles. The van der Waals surface area contributed by atoms with Crippen molar-refractivity contribution in [2.45, 2.75) is 20.4 Å². The lowest BCUT2D eigenvalue weighted by Crippen LogP contribution is -2.36. The molecule has 1 rings (SSSR count). The maximum Gasteiger partial charge on any atom is 0.0895 e. The molecular weight excluding hydrogens is 232 g/mol. The number of nitrogens with zero attached hydrogens (tertiary/aromatic N) is 3. The Bertz CT molecular complexity index is 263. The normalized spacial score (nSPS) is 11.5. The lowest BCUT2D eigenvalue weighted by Gasteiger charge is -2.28. The Morgan fingerprint density at radius 1 is 1.53 bits per heavy atom. The Morgan fingerprint density at radius 2 is 2.20 bits per heavy atom. The minimum atomic E-state index is 0. The van der Waals surface area contributed by atoms with Crippen molar-refractivity contribution in [1.82, 2.24) is 14.5 Å². The third-order valence-electron chi connectivity index (χ3n) is 2.09. The zero-order valence-corrected chi connectivity index (χ0v) is 11.1. The van der Waals surface area contributed by atoms with E-state index in [2.05, 4.69) is 35.4 Å². The largest absolute Gasteiger partial charge is 0.330 e. The topological polar surface area (TPSA) is 55.0 Å². The predicted molar refractivity (Wildman–Crippen MR) is 66.3 cm³/mol. The SMILES string of the molecule is CN(Cc1csnn1)CC(C)(C)CN.Cl. The molecule has 0 saturated heterocycles. The van der Waals surface area contributed by atoms with Crippen LogP contribution in [0.5, 0.6) is 0 Å². The molecule has 0 aromatic carbocycles. The third-order valence-corrected chi connectivity index (χ3v) is 2.64. The van der Waals surface area contributed by atoms with Crippen LogP contribution in [0.1, 0.15) is 19.5 Å². The summed E-state index contributed by atoms with van der Waals surface area (Å²) in [5.74, 6) is 0. The van der Waals surface area contributed by atoms with Crippen molar-refractivity contribution in [2.24, 2.45) is 11.1 Å². The van der Waals surface area contributed by atoms with Gasteiger partial charge in [0.1, 0.15) is 0 Å². The van der Waals surface area contributed by atoms with Gasteiger partial charge in [-0.25, -0.2) is 0 Å². The van der Waals surface area contributed by atoms with E-state index in [4.69, 9.17) is 5.73 Å². The van der Waals surface area contributed by atoms with Crippen molar-refractivity contribution in [3.05, 3.63) is 11.1 Å². The molecule has 0 unspecified atom stereocenters. The molecule has 0 aliphatic rings. The Kier molecular flexibility index (Phi) is 6.28. The summed E-state index contributed by atoms with van der Waals surface area (Å²) in [6.07, 6.45) is 0. The van der Waals surface area contributed by atoms with Crippen molar-refractivity contribution in [1.29, 1.82) is 0 Å². The smallest absolute Gasteiger partial charge is 0.0895 e. The maximum atomic E-state index is 5.68. The van der Waals surface area contributed by atoms with E-state index in [1.165, 1.54) is 11.5 Å². The molecule has 1 aromatic heterocycles. The fourth-order valence-corrected chi connectivity index (χ4v) is 1.82. The number of nitrogens with two attached hydrogens (primary N) is 1. The summed E-state index contributed by atoms with van der Waals surface area (Å²) in [5, 5.41) is 5.99. The molecule has 0 aliphatic carbocycles. The average molecular weight is 251 g/mol. The summed E-state index contributed by atoms with van der Waals surface area (Å²) in [7, 11) is 2.08. The van der Waals surface area contributed by atoms with Crippen LogP contribution in [0.25, 0.3) is 0 Å². The van der Waals surface area contributed by atoms with E-state index in [1.807, 2.05) is 5.38 Å². The van der Waals surface area contributed by atoms with Gasteiger partial charge in [-0.1, -0.05) is 18.3 Å². The van der Waals surface area contributed by atoms with Crippen molar-refractivity contribution >= 4 is 23.9 Å². The molecule has 1 aromatic rings. The van der Waals surface area contributed by atoms with E-state index < -0.39 is 0 Å². The molecule has 1 heterocycles. The van der Waals surface area contributed by atoms with E-state index in [1.54, 1.807) is 0 Å². The van der Waals surface area contributed by atoms with Crippen molar-refractivity contribution in [2.75, 3.05) is 20.1 Å². The Hall–Kier alpha value is -0.230. The molecule has 0 spiro atoms. The fourth-order valence-electron chi connectivity index (χ4n) is 1.38. The van der Waals surface area contributed by atoms with Crippen LogP contribution in [0.3, 0.4) is 0 Å². The first-order valence-corrected chi connectivity index (χ1v) is 5.52. The van der Waals surface area contributed by atoms with Crippen LogP contribution >= 0.6 is 23.9 Å². The molecule has 0 radical (unpaired) electrons. The van der Waals surface area contributed by atoms with Crippen LogP contribution in [0.2, 0.25) is 0 Å². The van der Waals surface area contributed by atoms with Crippen molar-refractivity contribution < 1.29 is 0 Å². The van der Waals surface area contributed by atoms with Gasteiger partial charge in [0.2, 0.25) is 0 Å². The molecule has 0 fully saturated rings. The molecule has 0 atom stereocenters. The summed E-state index contributed by atoms with van der Waals surface area (Å²) in [6, 6.07) is 0. The fraction of sp³-hybridized carbons (Fsp3) is 0.778. The highest BCUT2D eigenvalue weighted by Gasteiger charge is 2.18. The summed E-state index contributed by atoms with van der Waals surface area (Å²) in [4.78, 5) is 2.23. The second-order valence-corrected chi connectivity index (χ2v) is 5.05. The number of aromatic nitrogens is 2. The maximum absolute atomic E-state index is 5.68. The molecule has 2 N–H and O–H groups in total. The molecule has 0 aliphatic heterocycles. The standard InChI is InChI=1S/C9H18N4S.ClH/c1-9(2,6-10)7-13(3)4-8-5-14-12-11-8;/h5H,4,6-7,10H2,1-3H3;1H. The zero-order chi connectivity index (χ0) is 10.6. The van der Waals surface area contributed by atoms with Gasteiger partial charge in [0.25, 0.3) is 0 Å². The van der Waals surface area contributed by atoms with Crippen LogP contribution in [-0.2, 0) is 6.54 Å². The second kappa shape index (κ2) is 6.37. The summed E-state index contributed by atoms with van der Waals surface area (Å²) in [5.41, 5.74) is 6.87. The quantitative estimate of drug-likeness (QED) is 0.858. The third kappa shape index (κ3) is 5.41. The zero-order valence-electron chi connectivity index (χ0n) is 9.43. The lowest BCUT2D eigenvalue weighted by molar-refractivity contribution is 0.208. The first-order valence-electron chi connectivity index (χ1n) is 4.68. The van der Waals surface area contributed by atoms with Gasteiger partial charge in [-0.05, 0) is 30.5 Å². The number of rotatable bonds is 5. The van der Waals surface area contributed by atoms with Gasteiger partial charge in [0.15, 0.2) is 0 Å².